The predicted octanol–water partition coefficient (Wildman–Crippen LogP) is 8.30. The number of rotatable bonds is 2. The lowest BCUT2D eigenvalue weighted by molar-refractivity contribution is 0.0704. The van der Waals surface area contributed by atoms with Crippen molar-refractivity contribution in [2.45, 2.75) is 37.6 Å². The van der Waals surface area contributed by atoms with E-state index < -0.39 is 5.54 Å². The van der Waals surface area contributed by atoms with Gasteiger partial charge in [0.25, 0.3) is 5.91 Å². The van der Waals surface area contributed by atoms with Gasteiger partial charge in [-0.2, -0.15) is 0 Å². The van der Waals surface area contributed by atoms with Crippen molar-refractivity contribution < 1.29 is 4.79 Å². The Balaban J connectivity index is 1.68. The lowest BCUT2D eigenvalue weighted by Gasteiger charge is -2.41. The molecule has 158 valence electrons. The molecular formula is C24H20Cl2N2OS2. The Bertz CT molecular complexity index is 1230. The second-order valence-electron chi connectivity index (χ2n) is 7.85. The quantitative estimate of drug-likeness (QED) is 0.364. The Labute approximate surface area is 199 Å². The summed E-state index contributed by atoms with van der Waals surface area (Å²) in [4.78, 5) is 21.8. The normalized spacial score (nSPS) is 19.6. The zero-order valence-corrected chi connectivity index (χ0v) is 19.9. The second kappa shape index (κ2) is 8.28. The van der Waals surface area contributed by atoms with E-state index in [0.717, 1.165) is 40.7 Å². The summed E-state index contributed by atoms with van der Waals surface area (Å²) in [7, 11) is 0. The molecule has 1 aromatic heterocycles. The molecule has 2 aliphatic rings. The van der Waals surface area contributed by atoms with Crippen molar-refractivity contribution in [2.24, 2.45) is 4.99 Å². The molecule has 31 heavy (non-hydrogen) atoms. The first-order chi connectivity index (χ1) is 15.0. The minimum absolute atomic E-state index is 0.110. The fourth-order valence-electron chi connectivity index (χ4n) is 4.52. The number of thioether (sulfide) groups is 1. The van der Waals surface area contributed by atoms with E-state index in [1.165, 1.54) is 29.5 Å². The molecule has 7 heteroatoms. The topological polar surface area (TPSA) is 32.7 Å². The number of benzene rings is 2. The molecule has 3 aromatic rings. The van der Waals surface area contributed by atoms with E-state index >= 15 is 0 Å². The molecule has 0 radical (unpaired) electrons. The van der Waals surface area contributed by atoms with Crippen LogP contribution in [0.1, 0.15) is 42.5 Å². The summed E-state index contributed by atoms with van der Waals surface area (Å²) < 4.78 is 1.51. The van der Waals surface area contributed by atoms with E-state index in [-0.39, 0.29) is 5.91 Å². The third-order valence-corrected chi connectivity index (χ3v) is 8.85. The highest BCUT2D eigenvalue weighted by Gasteiger charge is 2.52. The monoisotopic (exact) mass is 486 g/mol. The summed E-state index contributed by atoms with van der Waals surface area (Å²) in [5.74, 6) is -0.110. The molecule has 1 aliphatic heterocycles. The van der Waals surface area contributed by atoms with Crippen molar-refractivity contribution >= 4 is 73.1 Å². The van der Waals surface area contributed by atoms with Crippen LogP contribution in [-0.4, -0.2) is 21.5 Å². The van der Waals surface area contributed by atoms with Crippen LogP contribution in [0, 0.1) is 0 Å². The van der Waals surface area contributed by atoms with Crippen LogP contribution in [-0.2, 0) is 0 Å². The molecular weight excluding hydrogens is 467 g/mol. The summed E-state index contributed by atoms with van der Waals surface area (Å²) in [6.07, 6.45) is 5.04. The lowest BCUT2D eigenvalue weighted by Crippen LogP contribution is -2.51. The number of hydrogen-bond donors (Lipinski definition) is 0. The van der Waals surface area contributed by atoms with Gasteiger partial charge in [-0.15, -0.1) is 11.3 Å². The molecule has 0 atom stereocenters. The first-order valence-corrected chi connectivity index (χ1v) is 12.6. The Hall–Kier alpha value is -1.79. The van der Waals surface area contributed by atoms with Gasteiger partial charge in [0.15, 0.2) is 5.17 Å². The Morgan fingerprint density at radius 1 is 1.03 bits per heavy atom. The van der Waals surface area contributed by atoms with Gasteiger partial charge in [0, 0.05) is 15.0 Å². The smallest absolute Gasteiger partial charge is 0.263 e. The second-order valence-corrected chi connectivity index (χ2v) is 11.0. The molecule has 0 N–H and O–H groups in total. The minimum atomic E-state index is -0.438. The maximum Gasteiger partial charge on any atom is 0.263 e. The van der Waals surface area contributed by atoms with E-state index in [0.29, 0.717) is 25.8 Å². The summed E-state index contributed by atoms with van der Waals surface area (Å²) in [5, 5.41) is 2.06. The van der Waals surface area contributed by atoms with Crippen LogP contribution >= 0.6 is 46.3 Å². The van der Waals surface area contributed by atoms with Gasteiger partial charge in [-0.05, 0) is 31.0 Å². The molecule has 1 saturated heterocycles. The highest BCUT2D eigenvalue weighted by Crippen LogP contribution is 2.52. The van der Waals surface area contributed by atoms with E-state index in [4.69, 9.17) is 28.2 Å². The average Bonchev–Trinajstić information content (AvgIpc) is 3.23. The van der Waals surface area contributed by atoms with Crippen molar-refractivity contribution in [2.75, 3.05) is 0 Å². The Morgan fingerprint density at radius 2 is 1.74 bits per heavy atom. The van der Waals surface area contributed by atoms with Gasteiger partial charge in [0.1, 0.15) is 4.34 Å². The first kappa shape index (κ1) is 21.1. The van der Waals surface area contributed by atoms with Crippen LogP contribution in [0.25, 0.3) is 10.1 Å². The van der Waals surface area contributed by atoms with Gasteiger partial charge < -0.3 is 0 Å². The van der Waals surface area contributed by atoms with Crippen molar-refractivity contribution in [3.8, 4) is 0 Å². The molecule has 1 aliphatic carbocycles. The highest BCUT2D eigenvalue weighted by atomic mass is 35.5. The maximum absolute atomic E-state index is 14.1. The molecule has 0 unspecified atom stereocenters. The number of nitrogens with zero attached hydrogens (tertiary/aromatic N) is 2. The predicted molar refractivity (Wildman–Crippen MR) is 134 cm³/mol. The highest BCUT2D eigenvalue weighted by molar-refractivity contribution is 8.17. The van der Waals surface area contributed by atoms with Crippen molar-refractivity contribution in [1.82, 2.24) is 4.90 Å². The van der Waals surface area contributed by atoms with Crippen LogP contribution in [0.3, 0.4) is 0 Å². The molecule has 5 rings (SSSR count). The number of carbonyl (C=O) groups excluding carboxylic acids is 1. The largest absolute Gasteiger partial charge is 0.276 e. The molecule has 2 fully saturated rings. The molecule has 0 bridgehead atoms. The van der Waals surface area contributed by atoms with Crippen molar-refractivity contribution in [3.05, 3.63) is 74.9 Å². The zero-order valence-electron chi connectivity index (χ0n) is 16.7. The third-order valence-electron chi connectivity index (χ3n) is 6.07. The number of amides is 1. The maximum atomic E-state index is 14.1. The first-order valence-electron chi connectivity index (χ1n) is 10.2. The minimum Gasteiger partial charge on any atom is -0.276 e. The lowest BCUT2D eigenvalue weighted by atomic mass is 9.80. The molecule has 1 saturated carbocycles. The molecule has 2 aromatic carbocycles. The van der Waals surface area contributed by atoms with Crippen LogP contribution in [0.15, 0.2) is 65.0 Å². The van der Waals surface area contributed by atoms with E-state index in [9.17, 15) is 4.79 Å². The van der Waals surface area contributed by atoms with Gasteiger partial charge in [-0.25, -0.2) is 4.99 Å². The van der Waals surface area contributed by atoms with E-state index in [1.54, 1.807) is 6.07 Å². The molecule has 1 spiro atoms. The fourth-order valence-corrected chi connectivity index (χ4v) is 7.25. The van der Waals surface area contributed by atoms with Crippen LogP contribution in [0.2, 0.25) is 9.36 Å². The number of thiophene rings is 1. The summed E-state index contributed by atoms with van der Waals surface area (Å²) in [5.41, 5.74) is 0.757. The van der Waals surface area contributed by atoms with Crippen molar-refractivity contribution in [1.29, 1.82) is 0 Å². The van der Waals surface area contributed by atoms with Crippen LogP contribution in [0.5, 0.6) is 0 Å². The van der Waals surface area contributed by atoms with Crippen LogP contribution < -0.4 is 0 Å². The Morgan fingerprint density at radius 3 is 2.52 bits per heavy atom. The van der Waals surface area contributed by atoms with Gasteiger partial charge in [-0.1, -0.05) is 91.1 Å². The van der Waals surface area contributed by atoms with Gasteiger partial charge in [0.2, 0.25) is 0 Å². The summed E-state index contributed by atoms with van der Waals surface area (Å²) in [6, 6.07) is 15.3. The van der Waals surface area contributed by atoms with Crippen molar-refractivity contribution in [3.63, 3.8) is 0 Å². The number of halogens is 2. The number of hydrogen-bond acceptors (Lipinski definition) is 4. The summed E-state index contributed by atoms with van der Waals surface area (Å²) >= 11 is 15.9. The SMILES string of the molecule is C=C1SC(=Nc2ccccc2Cl)N(C(=O)c2c(Cl)sc3ccccc23)C12CCCCC2. The Kier molecular flexibility index (Phi) is 5.63. The average molecular weight is 487 g/mol. The van der Waals surface area contributed by atoms with E-state index in [2.05, 4.69) is 6.58 Å². The zero-order chi connectivity index (χ0) is 21.6. The van der Waals surface area contributed by atoms with E-state index in [1.807, 2.05) is 47.4 Å². The number of aliphatic imine (C=N–C) groups is 1. The van der Waals surface area contributed by atoms with Gasteiger partial charge in [0.05, 0.1) is 21.8 Å². The standard InChI is InChI=1S/C24H20Cl2N2OS2/c1-15-24(13-7-2-8-14-24)28(23(30-15)27-18-11-5-4-10-17(18)25)22(29)20-16-9-3-6-12-19(16)31-21(20)26/h3-6,9-12H,1-2,7-8,13-14H2. The number of fused-ring (bicyclic) bond motifs is 1. The van der Waals surface area contributed by atoms with Gasteiger partial charge in [-0.3, -0.25) is 9.69 Å². The number of carbonyl (C=O) groups is 1. The fraction of sp³-hybridized carbons (Fsp3) is 0.250. The van der Waals surface area contributed by atoms with Crippen LogP contribution in [0.4, 0.5) is 5.69 Å². The molecule has 2 heterocycles. The summed E-state index contributed by atoms with van der Waals surface area (Å²) in [6.45, 7) is 4.37. The number of amidine groups is 1. The molecule has 3 nitrogen and oxygen atoms in total. The third kappa shape index (κ3) is 3.52. The van der Waals surface area contributed by atoms with Gasteiger partial charge >= 0.3 is 0 Å². The molecule has 1 amide bonds. The number of para-hydroxylation sites is 1.